The minimum Gasteiger partial charge on any atom is -0.501 e. The minimum atomic E-state index is 0.879. The van der Waals surface area contributed by atoms with Crippen molar-refractivity contribution < 1.29 is 4.74 Å². The molecule has 0 atom stereocenters. The lowest BCUT2D eigenvalue weighted by atomic mass is 10.2. The van der Waals surface area contributed by atoms with Crippen LogP contribution in [0.15, 0.2) is 23.5 Å². The molecule has 10 heavy (non-hydrogen) atoms. The summed E-state index contributed by atoms with van der Waals surface area (Å²) in [5, 5.41) is 0.879. The van der Waals surface area contributed by atoms with E-state index in [4.69, 9.17) is 4.74 Å². The number of halogens is 1. The van der Waals surface area contributed by atoms with Gasteiger partial charge in [0, 0.05) is 5.33 Å². The smallest absolute Gasteiger partial charge is 0.0927 e. The fraction of sp³-hybridized carbons (Fsp3) is 0.500. The van der Waals surface area contributed by atoms with Crippen LogP contribution in [0.25, 0.3) is 0 Å². The number of hydrogen-bond acceptors (Lipinski definition) is 1. The molecule has 0 N–H and O–H groups in total. The Morgan fingerprint density at radius 3 is 2.50 bits per heavy atom. The molecule has 2 heteroatoms. The lowest BCUT2D eigenvalue weighted by Gasteiger charge is -1.98. The van der Waals surface area contributed by atoms with Gasteiger partial charge < -0.3 is 4.74 Å². The largest absolute Gasteiger partial charge is 0.501 e. The molecule has 0 aromatic rings. The Morgan fingerprint density at radius 2 is 2.20 bits per heavy atom. The SMILES string of the molecule is C/C=C(\C=C(/C)OC)CBr. The van der Waals surface area contributed by atoms with E-state index in [-0.39, 0.29) is 0 Å². The van der Waals surface area contributed by atoms with Gasteiger partial charge in [0.25, 0.3) is 0 Å². The molecule has 1 nitrogen and oxygen atoms in total. The molecule has 0 fully saturated rings. The molecule has 0 aliphatic rings. The molecule has 0 aliphatic carbocycles. The summed E-state index contributed by atoms with van der Waals surface area (Å²) >= 11 is 3.37. The molecule has 0 radical (unpaired) electrons. The second kappa shape index (κ2) is 5.54. The monoisotopic (exact) mass is 204 g/mol. The van der Waals surface area contributed by atoms with E-state index in [9.17, 15) is 0 Å². The summed E-state index contributed by atoms with van der Waals surface area (Å²) in [6.45, 7) is 3.95. The normalized spacial score (nSPS) is 13.6. The van der Waals surface area contributed by atoms with E-state index in [2.05, 4.69) is 22.0 Å². The summed E-state index contributed by atoms with van der Waals surface area (Å²) in [5.74, 6) is 0.938. The van der Waals surface area contributed by atoms with Crippen LogP contribution in [0, 0.1) is 0 Å². The Hall–Kier alpha value is -0.240. The summed E-state index contributed by atoms with van der Waals surface area (Å²) in [7, 11) is 1.67. The number of rotatable bonds is 3. The maximum Gasteiger partial charge on any atom is 0.0927 e. The van der Waals surface area contributed by atoms with Crippen LogP contribution in [0.3, 0.4) is 0 Å². The molecule has 0 aromatic carbocycles. The molecule has 0 unspecified atom stereocenters. The van der Waals surface area contributed by atoms with Gasteiger partial charge in [-0.15, -0.1) is 0 Å². The standard InChI is InChI=1S/C8H13BrO/c1-4-8(6-9)5-7(2)10-3/h4-5H,6H2,1-3H3/b7-5+,8-4+. The fourth-order valence-corrected chi connectivity index (χ4v) is 1.00. The number of methoxy groups -OCH3 is 1. The predicted molar refractivity (Wildman–Crippen MR) is 48.3 cm³/mol. The van der Waals surface area contributed by atoms with Gasteiger partial charge in [0.15, 0.2) is 0 Å². The highest BCUT2D eigenvalue weighted by Gasteiger charge is 1.89. The predicted octanol–water partition coefficient (Wildman–Crippen LogP) is 2.88. The van der Waals surface area contributed by atoms with Crippen molar-refractivity contribution >= 4 is 15.9 Å². The quantitative estimate of drug-likeness (QED) is 0.391. The highest BCUT2D eigenvalue weighted by molar-refractivity contribution is 9.09. The molecule has 0 amide bonds. The van der Waals surface area contributed by atoms with Gasteiger partial charge in [0.1, 0.15) is 0 Å². The molecular formula is C8H13BrO. The average Bonchev–Trinajstić information content (AvgIpc) is 1.99. The van der Waals surface area contributed by atoms with Crippen LogP contribution >= 0.6 is 15.9 Å². The van der Waals surface area contributed by atoms with Crippen molar-refractivity contribution in [1.29, 1.82) is 0 Å². The van der Waals surface area contributed by atoms with Gasteiger partial charge in [-0.25, -0.2) is 0 Å². The second-order valence-corrected chi connectivity index (χ2v) is 2.52. The highest BCUT2D eigenvalue weighted by atomic mass is 79.9. The Balaban J connectivity index is 4.08. The van der Waals surface area contributed by atoms with Crippen molar-refractivity contribution in [3.05, 3.63) is 23.5 Å². The summed E-state index contributed by atoms with van der Waals surface area (Å²) in [6, 6.07) is 0. The van der Waals surface area contributed by atoms with Gasteiger partial charge in [-0.05, 0) is 25.5 Å². The Bertz CT molecular complexity index is 147. The van der Waals surface area contributed by atoms with Gasteiger partial charge in [-0.2, -0.15) is 0 Å². The molecule has 0 saturated heterocycles. The molecule has 0 aliphatic heterocycles. The molecule has 0 spiro atoms. The lowest BCUT2D eigenvalue weighted by Crippen LogP contribution is -1.83. The summed E-state index contributed by atoms with van der Waals surface area (Å²) in [5.41, 5.74) is 1.24. The van der Waals surface area contributed by atoms with Crippen molar-refractivity contribution in [1.82, 2.24) is 0 Å². The fourth-order valence-electron chi connectivity index (χ4n) is 0.519. The number of ether oxygens (including phenoxy) is 1. The van der Waals surface area contributed by atoms with Crippen molar-refractivity contribution in [3.63, 3.8) is 0 Å². The van der Waals surface area contributed by atoms with Crippen LogP contribution in [-0.4, -0.2) is 12.4 Å². The van der Waals surface area contributed by atoms with Gasteiger partial charge >= 0.3 is 0 Å². The van der Waals surface area contributed by atoms with Crippen molar-refractivity contribution in [2.45, 2.75) is 13.8 Å². The van der Waals surface area contributed by atoms with Crippen LogP contribution in [-0.2, 0) is 4.74 Å². The number of allylic oxidation sites excluding steroid dienone is 4. The van der Waals surface area contributed by atoms with Crippen LogP contribution < -0.4 is 0 Å². The third kappa shape index (κ3) is 3.72. The van der Waals surface area contributed by atoms with E-state index < -0.39 is 0 Å². The third-order valence-corrected chi connectivity index (χ3v) is 1.88. The molecule has 0 bridgehead atoms. The zero-order valence-electron chi connectivity index (χ0n) is 6.65. The Morgan fingerprint density at radius 1 is 1.60 bits per heavy atom. The van der Waals surface area contributed by atoms with E-state index in [0.717, 1.165) is 11.1 Å². The van der Waals surface area contributed by atoms with Crippen LogP contribution in [0.2, 0.25) is 0 Å². The first-order valence-corrected chi connectivity index (χ1v) is 4.30. The summed E-state index contributed by atoms with van der Waals surface area (Å²) in [4.78, 5) is 0. The van der Waals surface area contributed by atoms with Crippen LogP contribution in [0.1, 0.15) is 13.8 Å². The van der Waals surface area contributed by atoms with Crippen LogP contribution in [0.5, 0.6) is 0 Å². The summed E-state index contributed by atoms with van der Waals surface area (Å²) in [6.07, 6.45) is 4.06. The first kappa shape index (κ1) is 9.76. The Labute approximate surface area is 70.9 Å². The second-order valence-electron chi connectivity index (χ2n) is 1.96. The van der Waals surface area contributed by atoms with Crippen molar-refractivity contribution in [2.24, 2.45) is 0 Å². The zero-order chi connectivity index (χ0) is 7.98. The van der Waals surface area contributed by atoms with Gasteiger partial charge in [-0.1, -0.05) is 22.0 Å². The van der Waals surface area contributed by atoms with E-state index in [1.165, 1.54) is 5.57 Å². The molecular weight excluding hydrogens is 192 g/mol. The van der Waals surface area contributed by atoms with Crippen LogP contribution in [0.4, 0.5) is 0 Å². The van der Waals surface area contributed by atoms with Crippen molar-refractivity contribution in [3.8, 4) is 0 Å². The van der Waals surface area contributed by atoms with Gasteiger partial charge in [-0.3, -0.25) is 0 Å². The Kier molecular flexibility index (Phi) is 5.40. The zero-order valence-corrected chi connectivity index (χ0v) is 8.23. The van der Waals surface area contributed by atoms with Crippen molar-refractivity contribution in [2.75, 3.05) is 12.4 Å². The van der Waals surface area contributed by atoms with Gasteiger partial charge in [0.2, 0.25) is 0 Å². The number of hydrogen-bond donors (Lipinski definition) is 0. The maximum atomic E-state index is 4.98. The van der Waals surface area contributed by atoms with E-state index >= 15 is 0 Å². The van der Waals surface area contributed by atoms with E-state index in [0.29, 0.717) is 0 Å². The molecule has 0 aromatic heterocycles. The number of alkyl halides is 1. The maximum absolute atomic E-state index is 4.98. The molecule has 0 saturated carbocycles. The third-order valence-electron chi connectivity index (χ3n) is 1.24. The van der Waals surface area contributed by atoms with E-state index in [1.54, 1.807) is 7.11 Å². The molecule has 0 rings (SSSR count). The highest BCUT2D eigenvalue weighted by Crippen LogP contribution is 2.05. The van der Waals surface area contributed by atoms with E-state index in [1.807, 2.05) is 19.9 Å². The lowest BCUT2D eigenvalue weighted by molar-refractivity contribution is 0.293. The summed E-state index contributed by atoms with van der Waals surface area (Å²) < 4.78 is 4.98. The first-order valence-electron chi connectivity index (χ1n) is 3.18. The first-order chi connectivity index (χ1) is 4.74. The topological polar surface area (TPSA) is 9.23 Å². The molecule has 0 heterocycles. The molecule has 58 valence electrons. The minimum absolute atomic E-state index is 0.879. The average molecular weight is 205 g/mol. The van der Waals surface area contributed by atoms with Gasteiger partial charge in [0.05, 0.1) is 12.9 Å².